The van der Waals surface area contributed by atoms with Crippen molar-refractivity contribution in [3.8, 4) is 23.0 Å². The lowest BCUT2D eigenvalue weighted by atomic mass is 9.97. The lowest BCUT2D eigenvalue weighted by Crippen LogP contribution is -2.31. The zero-order chi connectivity index (χ0) is 27.0. The first-order valence-corrected chi connectivity index (χ1v) is 11.9. The van der Waals surface area contributed by atoms with Crippen LogP contribution >= 0.6 is 0 Å². The molecule has 8 nitrogen and oxygen atoms in total. The standard InChI is InChI=1S/C29H26FNO7/c1-34-19-8-5-16(6-9-19)11-12-31-25(17-13-22(35-2)27(37-4)23(14-17)36-3)24-26(32)20-15-18(30)7-10-21(20)38-28(24)29(31)33/h5-10,13-15,25H,11-12H2,1-4H3. The van der Waals surface area contributed by atoms with Crippen LogP contribution in [0.25, 0.3) is 11.0 Å². The molecule has 4 aromatic rings. The van der Waals surface area contributed by atoms with E-state index in [-0.39, 0.29) is 28.8 Å². The van der Waals surface area contributed by atoms with E-state index in [2.05, 4.69) is 0 Å². The smallest absolute Gasteiger partial charge is 0.290 e. The molecule has 0 fully saturated rings. The number of ether oxygens (including phenoxy) is 4. The lowest BCUT2D eigenvalue weighted by molar-refractivity contribution is 0.0729. The third-order valence-electron chi connectivity index (χ3n) is 6.73. The van der Waals surface area contributed by atoms with E-state index < -0.39 is 23.2 Å². The van der Waals surface area contributed by atoms with Crippen LogP contribution in [0.5, 0.6) is 23.0 Å². The summed E-state index contributed by atoms with van der Waals surface area (Å²) < 4.78 is 41.7. The molecule has 0 aliphatic carbocycles. The predicted molar refractivity (Wildman–Crippen MR) is 138 cm³/mol. The van der Waals surface area contributed by atoms with Crippen molar-refractivity contribution in [2.45, 2.75) is 12.5 Å². The number of nitrogens with zero attached hydrogens (tertiary/aromatic N) is 1. The maximum atomic E-state index is 14.1. The van der Waals surface area contributed by atoms with E-state index in [1.165, 1.54) is 33.5 Å². The minimum Gasteiger partial charge on any atom is -0.497 e. The SMILES string of the molecule is COc1ccc(CCN2C(=O)c3oc4ccc(F)cc4c(=O)c3C2c2cc(OC)c(OC)c(OC)c2)cc1. The van der Waals surface area contributed by atoms with Gasteiger partial charge in [0.05, 0.1) is 45.4 Å². The molecule has 0 saturated heterocycles. The van der Waals surface area contributed by atoms with Crippen molar-refractivity contribution in [2.24, 2.45) is 0 Å². The van der Waals surface area contributed by atoms with Crippen molar-refractivity contribution in [3.05, 3.63) is 93.1 Å². The third kappa shape index (κ3) is 4.19. The van der Waals surface area contributed by atoms with Crippen LogP contribution in [0.1, 0.15) is 33.3 Å². The Bertz CT molecular complexity index is 1550. The molecule has 3 aromatic carbocycles. The fourth-order valence-corrected chi connectivity index (χ4v) is 4.87. The fourth-order valence-electron chi connectivity index (χ4n) is 4.87. The Labute approximate surface area is 218 Å². The highest BCUT2D eigenvalue weighted by atomic mass is 19.1. The Morgan fingerprint density at radius 1 is 0.868 bits per heavy atom. The summed E-state index contributed by atoms with van der Waals surface area (Å²) in [6, 6.07) is 13.8. The number of benzene rings is 3. The first kappa shape index (κ1) is 25.1. The molecule has 1 amide bonds. The van der Waals surface area contributed by atoms with Crippen LogP contribution in [0, 0.1) is 5.82 Å². The second kappa shape index (κ2) is 10.1. The van der Waals surface area contributed by atoms with Crippen LogP contribution in [-0.4, -0.2) is 45.8 Å². The highest BCUT2D eigenvalue weighted by Crippen LogP contribution is 2.45. The van der Waals surface area contributed by atoms with Gasteiger partial charge >= 0.3 is 0 Å². The van der Waals surface area contributed by atoms with Crippen molar-refractivity contribution >= 4 is 16.9 Å². The first-order chi connectivity index (χ1) is 18.4. The molecule has 1 aromatic heterocycles. The number of rotatable bonds is 8. The molecule has 2 heterocycles. The van der Waals surface area contributed by atoms with Gasteiger partial charge in [-0.25, -0.2) is 4.39 Å². The van der Waals surface area contributed by atoms with Gasteiger partial charge in [-0.3, -0.25) is 9.59 Å². The second-order valence-electron chi connectivity index (χ2n) is 8.77. The molecule has 5 rings (SSSR count). The van der Waals surface area contributed by atoms with Crippen molar-refractivity contribution in [1.82, 2.24) is 4.90 Å². The maximum Gasteiger partial charge on any atom is 0.290 e. The maximum absolute atomic E-state index is 14.1. The molecule has 0 saturated carbocycles. The van der Waals surface area contributed by atoms with E-state index in [4.69, 9.17) is 23.4 Å². The van der Waals surface area contributed by atoms with Gasteiger partial charge < -0.3 is 28.3 Å². The Hall–Kier alpha value is -4.53. The van der Waals surface area contributed by atoms with Crippen LogP contribution in [0.15, 0.2) is 63.8 Å². The van der Waals surface area contributed by atoms with Crippen LogP contribution in [0.2, 0.25) is 0 Å². The molecule has 196 valence electrons. The topological polar surface area (TPSA) is 87.4 Å². The van der Waals surface area contributed by atoms with E-state index in [9.17, 15) is 14.0 Å². The second-order valence-corrected chi connectivity index (χ2v) is 8.77. The number of hydrogen-bond donors (Lipinski definition) is 0. The van der Waals surface area contributed by atoms with Crippen molar-refractivity contribution in [1.29, 1.82) is 0 Å². The average molecular weight is 520 g/mol. The van der Waals surface area contributed by atoms with Gasteiger partial charge in [0.1, 0.15) is 17.1 Å². The summed E-state index contributed by atoms with van der Waals surface area (Å²) in [6.45, 7) is 0.279. The summed E-state index contributed by atoms with van der Waals surface area (Å²) in [5.41, 5.74) is 1.34. The van der Waals surface area contributed by atoms with Gasteiger partial charge in [-0.15, -0.1) is 0 Å². The van der Waals surface area contributed by atoms with E-state index in [1.54, 1.807) is 24.1 Å². The minimum absolute atomic E-state index is 0.0611. The van der Waals surface area contributed by atoms with Gasteiger partial charge in [0, 0.05) is 6.54 Å². The molecule has 0 bridgehead atoms. The van der Waals surface area contributed by atoms with Crippen LogP contribution in [0.3, 0.4) is 0 Å². The number of carbonyl (C=O) groups excluding carboxylic acids is 1. The van der Waals surface area contributed by atoms with Gasteiger partial charge in [-0.1, -0.05) is 12.1 Å². The van der Waals surface area contributed by atoms with Gasteiger partial charge in [-0.05, 0) is 60.0 Å². The number of hydrogen-bond acceptors (Lipinski definition) is 7. The number of fused-ring (bicyclic) bond motifs is 2. The number of methoxy groups -OCH3 is 4. The molecule has 1 atom stereocenters. The summed E-state index contributed by atoms with van der Waals surface area (Å²) >= 11 is 0. The van der Waals surface area contributed by atoms with E-state index in [1.807, 2.05) is 24.3 Å². The number of halogens is 1. The lowest BCUT2D eigenvalue weighted by Gasteiger charge is -2.26. The Kier molecular flexibility index (Phi) is 6.67. The molecular weight excluding hydrogens is 493 g/mol. The summed E-state index contributed by atoms with van der Waals surface area (Å²) in [5.74, 6) is 0.763. The Balaban J connectivity index is 1.67. The van der Waals surface area contributed by atoms with Crippen LogP contribution in [-0.2, 0) is 6.42 Å². The monoisotopic (exact) mass is 519 g/mol. The molecule has 1 aliphatic heterocycles. The Morgan fingerprint density at radius 2 is 1.55 bits per heavy atom. The molecule has 0 N–H and O–H groups in total. The zero-order valence-electron chi connectivity index (χ0n) is 21.4. The van der Waals surface area contributed by atoms with E-state index >= 15 is 0 Å². The quantitative estimate of drug-likeness (QED) is 0.332. The third-order valence-corrected chi connectivity index (χ3v) is 6.73. The Morgan fingerprint density at radius 3 is 2.16 bits per heavy atom. The highest BCUT2D eigenvalue weighted by molar-refractivity contribution is 5.99. The summed E-state index contributed by atoms with van der Waals surface area (Å²) in [4.78, 5) is 29.0. The van der Waals surface area contributed by atoms with E-state index in [0.717, 1.165) is 17.4 Å². The predicted octanol–water partition coefficient (Wildman–Crippen LogP) is 4.75. The zero-order valence-corrected chi connectivity index (χ0v) is 21.4. The molecule has 9 heteroatoms. The summed E-state index contributed by atoms with van der Waals surface area (Å²) in [7, 11) is 6.06. The molecule has 0 radical (unpaired) electrons. The van der Waals surface area contributed by atoms with Gasteiger partial charge in [0.25, 0.3) is 5.91 Å². The van der Waals surface area contributed by atoms with Crippen molar-refractivity contribution in [3.63, 3.8) is 0 Å². The first-order valence-electron chi connectivity index (χ1n) is 11.9. The average Bonchev–Trinajstić information content (AvgIpc) is 3.23. The highest BCUT2D eigenvalue weighted by Gasteiger charge is 2.43. The van der Waals surface area contributed by atoms with Crippen molar-refractivity contribution < 1.29 is 32.5 Å². The van der Waals surface area contributed by atoms with E-state index in [0.29, 0.717) is 29.2 Å². The van der Waals surface area contributed by atoms with Gasteiger partial charge in [0.15, 0.2) is 16.9 Å². The van der Waals surface area contributed by atoms with Crippen molar-refractivity contribution in [2.75, 3.05) is 35.0 Å². The largest absolute Gasteiger partial charge is 0.497 e. The minimum atomic E-state index is -0.826. The molecule has 38 heavy (non-hydrogen) atoms. The summed E-state index contributed by atoms with van der Waals surface area (Å²) in [6.07, 6.45) is 0.507. The van der Waals surface area contributed by atoms with Gasteiger partial charge in [-0.2, -0.15) is 0 Å². The number of carbonyl (C=O) groups is 1. The number of amides is 1. The molecule has 0 spiro atoms. The fraction of sp³-hybridized carbons (Fsp3) is 0.241. The van der Waals surface area contributed by atoms with Gasteiger partial charge in [0.2, 0.25) is 11.5 Å². The van der Waals surface area contributed by atoms with Crippen LogP contribution in [0.4, 0.5) is 4.39 Å². The molecule has 1 aliphatic rings. The molecular formula is C29H26FNO7. The van der Waals surface area contributed by atoms with Crippen LogP contribution < -0.4 is 24.4 Å². The normalized spacial score (nSPS) is 14.5. The molecule has 1 unspecified atom stereocenters. The summed E-state index contributed by atoms with van der Waals surface area (Å²) in [5, 5.41) is 0.0611.